The van der Waals surface area contributed by atoms with Gasteiger partial charge in [0.05, 0.1) is 6.54 Å². The molecule has 4 heteroatoms. The summed E-state index contributed by atoms with van der Waals surface area (Å²) in [5.74, 6) is 0.0221. The fourth-order valence-corrected chi connectivity index (χ4v) is 2.17. The normalized spacial score (nSPS) is 13.4. The number of hydrogen-bond donors (Lipinski definition) is 1. The van der Waals surface area contributed by atoms with Crippen molar-refractivity contribution < 1.29 is 4.79 Å². The van der Waals surface area contributed by atoms with Gasteiger partial charge in [-0.15, -0.1) is 0 Å². The molecule has 0 aliphatic heterocycles. The lowest BCUT2D eigenvalue weighted by molar-refractivity contribution is -0.123. The third kappa shape index (κ3) is 5.21. The number of rotatable bonds is 4. The molecule has 0 bridgehead atoms. The molecule has 1 aromatic carbocycles. The van der Waals surface area contributed by atoms with Crippen LogP contribution in [0.25, 0.3) is 0 Å². The maximum atomic E-state index is 11.9. The number of halogens is 1. The molecule has 0 fully saturated rings. The number of hydrogen-bond acceptors (Lipinski definition) is 2. The number of amides is 1. The standard InChI is InChI=1S/C15H23ClN2O/c1-11(12-8-6-7-9-13(12)16)18(5)10-14(19)17-15(2,3)4/h6-9,11H,10H2,1-5H3,(H,17,19)/t11-/m0/s1. The van der Waals surface area contributed by atoms with Gasteiger partial charge in [-0.1, -0.05) is 29.8 Å². The van der Waals surface area contributed by atoms with Crippen LogP contribution in [-0.2, 0) is 4.79 Å². The van der Waals surface area contributed by atoms with Crippen LogP contribution < -0.4 is 5.32 Å². The van der Waals surface area contributed by atoms with Gasteiger partial charge in [0.2, 0.25) is 5.91 Å². The highest BCUT2D eigenvalue weighted by atomic mass is 35.5. The summed E-state index contributed by atoms with van der Waals surface area (Å²) < 4.78 is 0. The Labute approximate surface area is 120 Å². The molecule has 0 unspecified atom stereocenters. The fraction of sp³-hybridized carbons (Fsp3) is 0.533. The van der Waals surface area contributed by atoms with E-state index in [1.165, 1.54) is 0 Å². The monoisotopic (exact) mass is 282 g/mol. The van der Waals surface area contributed by atoms with Gasteiger partial charge in [-0.05, 0) is 46.4 Å². The van der Waals surface area contributed by atoms with Gasteiger partial charge < -0.3 is 5.32 Å². The zero-order valence-electron chi connectivity index (χ0n) is 12.3. The highest BCUT2D eigenvalue weighted by Gasteiger charge is 2.19. The molecule has 0 saturated carbocycles. The maximum Gasteiger partial charge on any atom is 0.234 e. The Hall–Kier alpha value is -1.06. The summed E-state index contributed by atoms with van der Waals surface area (Å²) in [5.41, 5.74) is 0.834. The van der Waals surface area contributed by atoms with Crippen molar-refractivity contribution in [3.05, 3.63) is 34.9 Å². The minimum Gasteiger partial charge on any atom is -0.350 e. The van der Waals surface area contributed by atoms with E-state index < -0.39 is 0 Å². The van der Waals surface area contributed by atoms with Gasteiger partial charge in [0.1, 0.15) is 0 Å². The molecular formula is C15H23ClN2O. The molecule has 1 rings (SSSR count). The molecule has 1 atom stereocenters. The van der Waals surface area contributed by atoms with Gasteiger partial charge in [-0.25, -0.2) is 0 Å². The van der Waals surface area contributed by atoms with Gasteiger partial charge in [-0.3, -0.25) is 9.69 Å². The largest absolute Gasteiger partial charge is 0.350 e. The lowest BCUT2D eigenvalue weighted by Crippen LogP contribution is -2.45. The molecule has 19 heavy (non-hydrogen) atoms. The van der Waals surface area contributed by atoms with Gasteiger partial charge in [0.25, 0.3) is 0 Å². The zero-order valence-corrected chi connectivity index (χ0v) is 13.1. The van der Waals surface area contributed by atoms with Crippen LogP contribution >= 0.6 is 11.6 Å². The van der Waals surface area contributed by atoms with E-state index in [1.54, 1.807) is 0 Å². The Morgan fingerprint density at radius 1 is 1.37 bits per heavy atom. The second-order valence-electron chi connectivity index (χ2n) is 5.91. The van der Waals surface area contributed by atoms with E-state index in [0.717, 1.165) is 10.6 Å². The smallest absolute Gasteiger partial charge is 0.234 e. The summed E-state index contributed by atoms with van der Waals surface area (Å²) in [7, 11) is 1.93. The van der Waals surface area contributed by atoms with E-state index in [0.29, 0.717) is 6.54 Å². The van der Waals surface area contributed by atoms with Gasteiger partial charge in [0, 0.05) is 16.6 Å². The van der Waals surface area contributed by atoms with Crippen LogP contribution in [-0.4, -0.2) is 29.9 Å². The average Bonchev–Trinajstić information content (AvgIpc) is 2.26. The van der Waals surface area contributed by atoms with Crippen LogP contribution in [0.5, 0.6) is 0 Å². The summed E-state index contributed by atoms with van der Waals surface area (Å²) >= 11 is 6.18. The molecule has 0 radical (unpaired) electrons. The van der Waals surface area contributed by atoms with Gasteiger partial charge >= 0.3 is 0 Å². The Balaban J connectivity index is 2.66. The number of benzene rings is 1. The molecule has 3 nitrogen and oxygen atoms in total. The Morgan fingerprint density at radius 2 is 1.95 bits per heavy atom. The van der Waals surface area contributed by atoms with Gasteiger partial charge in [0.15, 0.2) is 0 Å². The summed E-state index contributed by atoms with van der Waals surface area (Å²) in [5, 5.41) is 3.69. The lowest BCUT2D eigenvalue weighted by Gasteiger charge is -2.27. The van der Waals surface area contributed by atoms with Crippen LogP contribution in [0.15, 0.2) is 24.3 Å². The predicted octanol–water partition coefficient (Wildman–Crippen LogP) is 3.25. The molecule has 1 aromatic rings. The van der Waals surface area contributed by atoms with E-state index >= 15 is 0 Å². The molecule has 0 spiro atoms. The molecule has 0 aliphatic carbocycles. The SMILES string of the molecule is C[C@@H](c1ccccc1Cl)N(C)CC(=O)NC(C)(C)C. The summed E-state index contributed by atoms with van der Waals surface area (Å²) in [4.78, 5) is 13.9. The first-order valence-electron chi connectivity index (χ1n) is 6.46. The van der Waals surface area contributed by atoms with Crippen molar-refractivity contribution >= 4 is 17.5 Å². The first-order valence-corrected chi connectivity index (χ1v) is 6.84. The number of nitrogens with zero attached hydrogens (tertiary/aromatic N) is 1. The number of carbonyl (C=O) groups is 1. The average molecular weight is 283 g/mol. The van der Waals surface area contributed by atoms with Crippen molar-refractivity contribution in [1.82, 2.24) is 10.2 Å². The molecule has 0 aromatic heterocycles. The lowest BCUT2D eigenvalue weighted by atomic mass is 10.1. The quantitative estimate of drug-likeness (QED) is 0.919. The highest BCUT2D eigenvalue weighted by Crippen LogP contribution is 2.25. The highest BCUT2D eigenvalue weighted by molar-refractivity contribution is 6.31. The third-order valence-corrected chi connectivity index (χ3v) is 3.27. The first kappa shape index (κ1) is 16.0. The minimum atomic E-state index is -0.203. The molecule has 106 valence electrons. The van der Waals surface area contributed by atoms with Crippen LogP contribution in [0, 0.1) is 0 Å². The van der Waals surface area contributed by atoms with E-state index in [-0.39, 0.29) is 17.5 Å². The minimum absolute atomic E-state index is 0.0221. The van der Waals surface area contributed by atoms with E-state index in [1.807, 2.05) is 63.9 Å². The van der Waals surface area contributed by atoms with Crippen LogP contribution in [0.4, 0.5) is 0 Å². The molecule has 1 amide bonds. The topological polar surface area (TPSA) is 32.3 Å². The molecule has 0 aliphatic rings. The molecular weight excluding hydrogens is 260 g/mol. The van der Waals surface area contributed by atoms with Crippen molar-refractivity contribution in [1.29, 1.82) is 0 Å². The van der Waals surface area contributed by atoms with Crippen LogP contribution in [0.1, 0.15) is 39.3 Å². The maximum absolute atomic E-state index is 11.9. The van der Waals surface area contributed by atoms with E-state index in [2.05, 4.69) is 5.32 Å². The molecule has 0 saturated heterocycles. The number of likely N-dealkylation sites (N-methyl/N-ethyl adjacent to an activating group) is 1. The van der Waals surface area contributed by atoms with E-state index in [4.69, 9.17) is 11.6 Å². The Bertz CT molecular complexity index is 440. The third-order valence-electron chi connectivity index (χ3n) is 2.92. The Morgan fingerprint density at radius 3 is 2.47 bits per heavy atom. The number of carbonyl (C=O) groups excluding carboxylic acids is 1. The van der Waals surface area contributed by atoms with Gasteiger partial charge in [-0.2, -0.15) is 0 Å². The van der Waals surface area contributed by atoms with E-state index in [9.17, 15) is 4.79 Å². The van der Waals surface area contributed by atoms with Crippen molar-refractivity contribution in [3.63, 3.8) is 0 Å². The summed E-state index contributed by atoms with van der Waals surface area (Å²) in [6, 6.07) is 7.83. The van der Waals surface area contributed by atoms with Crippen LogP contribution in [0.2, 0.25) is 5.02 Å². The zero-order chi connectivity index (χ0) is 14.6. The van der Waals surface area contributed by atoms with Crippen molar-refractivity contribution in [3.8, 4) is 0 Å². The second kappa shape index (κ2) is 6.40. The first-order chi connectivity index (χ1) is 8.70. The van der Waals surface area contributed by atoms with Crippen molar-refractivity contribution in [2.45, 2.75) is 39.3 Å². The fourth-order valence-electron chi connectivity index (χ4n) is 1.87. The summed E-state index contributed by atoms with van der Waals surface area (Å²) in [6.45, 7) is 8.32. The molecule has 1 N–H and O–H groups in total. The summed E-state index contributed by atoms with van der Waals surface area (Å²) in [6.07, 6.45) is 0. The Kier molecular flexibility index (Phi) is 5.39. The van der Waals surface area contributed by atoms with Crippen LogP contribution in [0.3, 0.4) is 0 Å². The predicted molar refractivity (Wildman–Crippen MR) is 80.4 cm³/mol. The van der Waals surface area contributed by atoms with Crippen molar-refractivity contribution in [2.24, 2.45) is 0 Å². The number of nitrogens with one attached hydrogen (secondary N) is 1. The molecule has 0 heterocycles. The van der Waals surface area contributed by atoms with Crippen molar-refractivity contribution in [2.75, 3.05) is 13.6 Å². The second-order valence-corrected chi connectivity index (χ2v) is 6.32.